The first-order chi connectivity index (χ1) is 13.5. The number of carbonyl (C=O) groups is 1. The van der Waals surface area contributed by atoms with Gasteiger partial charge in [0.25, 0.3) is 5.91 Å². The third-order valence-electron chi connectivity index (χ3n) is 4.01. The number of benzene rings is 3. The zero-order chi connectivity index (χ0) is 19.9. The lowest BCUT2D eigenvalue weighted by Crippen LogP contribution is -2.34. The van der Waals surface area contributed by atoms with Crippen molar-refractivity contribution in [3.8, 4) is 5.75 Å². The first kappa shape index (κ1) is 20.0. The fourth-order valence-electron chi connectivity index (χ4n) is 2.56. The summed E-state index contributed by atoms with van der Waals surface area (Å²) in [7, 11) is 0. The Hall–Kier alpha value is -2.70. The van der Waals surface area contributed by atoms with Crippen molar-refractivity contribution in [1.82, 2.24) is 5.32 Å². The molecule has 0 fully saturated rings. The number of carbonyl (C=O) groups excluding carboxylic acids is 1. The molecule has 0 unspecified atom stereocenters. The molecule has 142 valence electrons. The van der Waals surface area contributed by atoms with Crippen LogP contribution in [0.3, 0.4) is 0 Å². The lowest BCUT2D eigenvalue weighted by atomic mass is 10.2. The standard InChI is InChI=1S/C22H19BrN2O2S/c1-15-12-18(23)19(13-20(15)27-14-16-8-4-2-5-9-16)24-22(28)25-21(26)17-10-6-3-7-11-17/h2-13H,14H2,1H3,(H2,24,25,26,28). The Balaban J connectivity index is 1.67. The molecule has 6 heteroatoms. The second-order valence-electron chi connectivity index (χ2n) is 6.15. The Bertz CT molecular complexity index is 979. The summed E-state index contributed by atoms with van der Waals surface area (Å²) in [6.07, 6.45) is 0. The summed E-state index contributed by atoms with van der Waals surface area (Å²) in [5, 5.41) is 5.95. The van der Waals surface area contributed by atoms with Crippen LogP contribution in [0.2, 0.25) is 0 Å². The van der Waals surface area contributed by atoms with Gasteiger partial charge >= 0.3 is 0 Å². The maximum Gasteiger partial charge on any atom is 0.257 e. The summed E-state index contributed by atoms with van der Waals surface area (Å²) < 4.78 is 6.79. The van der Waals surface area contributed by atoms with Crippen molar-refractivity contribution in [2.75, 3.05) is 5.32 Å². The van der Waals surface area contributed by atoms with Crippen LogP contribution in [0, 0.1) is 6.92 Å². The first-order valence-electron chi connectivity index (χ1n) is 8.67. The number of hydrogen-bond acceptors (Lipinski definition) is 3. The topological polar surface area (TPSA) is 50.4 Å². The van der Waals surface area contributed by atoms with Crippen molar-refractivity contribution < 1.29 is 9.53 Å². The molecule has 0 bridgehead atoms. The minimum absolute atomic E-state index is 0.215. The van der Waals surface area contributed by atoms with Gasteiger partial charge in [0.2, 0.25) is 0 Å². The van der Waals surface area contributed by atoms with Gasteiger partial charge in [0, 0.05) is 16.1 Å². The van der Waals surface area contributed by atoms with E-state index in [1.54, 1.807) is 24.3 Å². The lowest BCUT2D eigenvalue weighted by molar-refractivity contribution is 0.0977. The van der Waals surface area contributed by atoms with E-state index in [9.17, 15) is 4.79 Å². The molecular formula is C22H19BrN2O2S. The monoisotopic (exact) mass is 454 g/mol. The van der Waals surface area contributed by atoms with Gasteiger partial charge in [0.15, 0.2) is 5.11 Å². The number of halogens is 1. The number of ether oxygens (including phenoxy) is 1. The number of anilines is 1. The second-order valence-corrected chi connectivity index (χ2v) is 7.41. The van der Waals surface area contributed by atoms with Gasteiger partial charge in [-0.15, -0.1) is 0 Å². The molecule has 0 aliphatic heterocycles. The van der Waals surface area contributed by atoms with Gasteiger partial charge in [-0.05, 0) is 64.4 Å². The zero-order valence-electron chi connectivity index (χ0n) is 15.2. The Morgan fingerprint density at radius 3 is 2.36 bits per heavy atom. The minimum Gasteiger partial charge on any atom is -0.489 e. The lowest BCUT2D eigenvalue weighted by Gasteiger charge is -2.15. The SMILES string of the molecule is Cc1cc(Br)c(NC(=S)NC(=O)c2ccccc2)cc1OCc1ccccc1. The summed E-state index contributed by atoms with van der Waals surface area (Å²) >= 11 is 8.81. The minimum atomic E-state index is -0.262. The van der Waals surface area contributed by atoms with E-state index >= 15 is 0 Å². The third kappa shape index (κ3) is 5.41. The van der Waals surface area contributed by atoms with E-state index in [-0.39, 0.29) is 11.0 Å². The van der Waals surface area contributed by atoms with Crippen LogP contribution in [-0.4, -0.2) is 11.0 Å². The quantitative estimate of drug-likeness (QED) is 0.502. The first-order valence-corrected chi connectivity index (χ1v) is 9.87. The Morgan fingerprint density at radius 1 is 1.04 bits per heavy atom. The van der Waals surface area contributed by atoms with E-state index < -0.39 is 0 Å². The third-order valence-corrected chi connectivity index (χ3v) is 4.87. The molecule has 0 saturated heterocycles. The van der Waals surface area contributed by atoms with Gasteiger partial charge in [-0.1, -0.05) is 48.5 Å². The van der Waals surface area contributed by atoms with E-state index in [0.29, 0.717) is 17.9 Å². The average molecular weight is 455 g/mol. The predicted molar refractivity (Wildman–Crippen MR) is 120 cm³/mol. The van der Waals surface area contributed by atoms with Crippen LogP contribution < -0.4 is 15.4 Å². The zero-order valence-corrected chi connectivity index (χ0v) is 17.6. The molecule has 0 heterocycles. The van der Waals surface area contributed by atoms with Gasteiger partial charge < -0.3 is 10.1 Å². The van der Waals surface area contributed by atoms with Gasteiger partial charge in [0.05, 0.1) is 5.69 Å². The van der Waals surface area contributed by atoms with Crippen LogP contribution in [0.15, 0.2) is 77.3 Å². The van der Waals surface area contributed by atoms with E-state index in [1.165, 1.54) is 0 Å². The smallest absolute Gasteiger partial charge is 0.257 e. The molecule has 3 aromatic carbocycles. The van der Waals surface area contributed by atoms with Crippen molar-refractivity contribution >= 4 is 44.9 Å². The highest BCUT2D eigenvalue weighted by Crippen LogP contribution is 2.31. The molecule has 1 amide bonds. The van der Waals surface area contributed by atoms with Crippen LogP contribution in [0.4, 0.5) is 5.69 Å². The van der Waals surface area contributed by atoms with Gasteiger partial charge in [0.1, 0.15) is 12.4 Å². The van der Waals surface area contributed by atoms with E-state index in [4.69, 9.17) is 17.0 Å². The molecule has 3 rings (SSSR count). The van der Waals surface area contributed by atoms with Crippen molar-refractivity contribution in [1.29, 1.82) is 0 Å². The van der Waals surface area contributed by atoms with Crippen LogP contribution in [0.25, 0.3) is 0 Å². The predicted octanol–water partition coefficient (Wildman–Crippen LogP) is 5.46. The molecular weight excluding hydrogens is 436 g/mol. The van der Waals surface area contributed by atoms with Gasteiger partial charge in [-0.2, -0.15) is 0 Å². The maximum absolute atomic E-state index is 12.2. The summed E-state index contributed by atoms with van der Waals surface area (Å²) in [4.78, 5) is 12.2. The van der Waals surface area contributed by atoms with Crippen molar-refractivity contribution in [2.45, 2.75) is 13.5 Å². The van der Waals surface area contributed by atoms with E-state index in [2.05, 4.69) is 26.6 Å². The molecule has 28 heavy (non-hydrogen) atoms. The molecule has 0 radical (unpaired) electrons. The fraction of sp³-hybridized carbons (Fsp3) is 0.0909. The molecule has 0 aliphatic rings. The van der Waals surface area contributed by atoms with Crippen LogP contribution in [0.1, 0.15) is 21.5 Å². The van der Waals surface area contributed by atoms with Crippen LogP contribution in [0.5, 0.6) is 5.75 Å². The van der Waals surface area contributed by atoms with E-state index in [1.807, 2.05) is 55.5 Å². The molecule has 2 N–H and O–H groups in total. The van der Waals surface area contributed by atoms with E-state index in [0.717, 1.165) is 21.3 Å². The molecule has 0 spiro atoms. The number of amides is 1. The Morgan fingerprint density at radius 2 is 1.68 bits per heavy atom. The van der Waals surface area contributed by atoms with Crippen LogP contribution in [-0.2, 0) is 6.61 Å². The molecule has 0 saturated carbocycles. The largest absolute Gasteiger partial charge is 0.489 e. The molecule has 3 aromatic rings. The summed E-state index contributed by atoms with van der Waals surface area (Å²) in [6.45, 7) is 2.45. The number of hydrogen-bond donors (Lipinski definition) is 2. The normalized spacial score (nSPS) is 10.2. The Kier molecular flexibility index (Phi) is 6.79. The highest BCUT2D eigenvalue weighted by molar-refractivity contribution is 9.10. The number of thiocarbonyl (C=S) groups is 1. The van der Waals surface area contributed by atoms with Crippen molar-refractivity contribution in [3.05, 3.63) is 94.0 Å². The molecule has 4 nitrogen and oxygen atoms in total. The van der Waals surface area contributed by atoms with Gasteiger partial charge in [-0.3, -0.25) is 10.1 Å². The highest BCUT2D eigenvalue weighted by Gasteiger charge is 2.11. The second kappa shape index (κ2) is 9.48. The summed E-state index contributed by atoms with van der Waals surface area (Å²) in [6, 6.07) is 22.7. The Labute approximate surface area is 178 Å². The van der Waals surface area contributed by atoms with Crippen molar-refractivity contribution in [2.24, 2.45) is 0 Å². The van der Waals surface area contributed by atoms with Crippen LogP contribution >= 0.6 is 28.1 Å². The number of rotatable bonds is 5. The fourth-order valence-corrected chi connectivity index (χ4v) is 3.32. The van der Waals surface area contributed by atoms with Crippen molar-refractivity contribution in [3.63, 3.8) is 0 Å². The highest BCUT2D eigenvalue weighted by atomic mass is 79.9. The summed E-state index contributed by atoms with van der Waals surface area (Å²) in [5.74, 6) is 0.480. The molecule has 0 aliphatic carbocycles. The average Bonchev–Trinajstić information content (AvgIpc) is 2.70. The maximum atomic E-state index is 12.2. The number of nitrogens with one attached hydrogen (secondary N) is 2. The van der Waals surface area contributed by atoms with Gasteiger partial charge in [-0.25, -0.2) is 0 Å². The molecule has 0 atom stereocenters. The summed E-state index contributed by atoms with van der Waals surface area (Å²) in [5.41, 5.74) is 3.34. The number of aryl methyl sites for hydroxylation is 1. The molecule has 0 aromatic heterocycles.